The topological polar surface area (TPSA) is 84.9 Å². The predicted octanol–water partition coefficient (Wildman–Crippen LogP) is 1.76. The van der Waals surface area contributed by atoms with Gasteiger partial charge in [0.15, 0.2) is 11.5 Å². The van der Waals surface area contributed by atoms with Crippen molar-refractivity contribution in [2.75, 3.05) is 33.9 Å². The number of ether oxygens (including phenoxy) is 2. The van der Waals surface area contributed by atoms with E-state index in [0.717, 1.165) is 19.3 Å². The van der Waals surface area contributed by atoms with E-state index in [0.29, 0.717) is 29.1 Å². The van der Waals surface area contributed by atoms with Crippen molar-refractivity contribution in [1.29, 1.82) is 0 Å². The third kappa shape index (κ3) is 4.40. The van der Waals surface area contributed by atoms with Gasteiger partial charge in [-0.25, -0.2) is 13.1 Å². The molecule has 0 spiro atoms. The number of rotatable bonds is 6. The van der Waals surface area contributed by atoms with Crippen molar-refractivity contribution in [1.82, 2.24) is 9.62 Å². The SMILES string of the molecule is COc1cc(Br)c(S(=O)(=O)NCC(=O)N2CCCCC2)cc1OC. The quantitative estimate of drug-likeness (QED) is 0.757. The van der Waals surface area contributed by atoms with Crippen LogP contribution < -0.4 is 14.2 Å². The van der Waals surface area contributed by atoms with Crippen molar-refractivity contribution >= 4 is 31.9 Å². The third-order valence-electron chi connectivity index (χ3n) is 3.85. The van der Waals surface area contributed by atoms with Crippen molar-refractivity contribution in [2.24, 2.45) is 0 Å². The number of amides is 1. The third-order valence-corrected chi connectivity index (χ3v) is 6.21. The van der Waals surface area contributed by atoms with Gasteiger partial charge in [0.1, 0.15) is 4.90 Å². The molecule has 1 N–H and O–H groups in total. The maximum absolute atomic E-state index is 12.5. The second-order valence-electron chi connectivity index (χ2n) is 5.40. The van der Waals surface area contributed by atoms with Gasteiger partial charge in [-0.15, -0.1) is 0 Å². The first-order chi connectivity index (χ1) is 11.4. The highest BCUT2D eigenvalue weighted by molar-refractivity contribution is 9.10. The van der Waals surface area contributed by atoms with Crippen LogP contribution in [0.4, 0.5) is 0 Å². The number of carbonyl (C=O) groups excluding carboxylic acids is 1. The van der Waals surface area contributed by atoms with Crippen LogP contribution in [0.3, 0.4) is 0 Å². The molecule has 1 aliphatic heterocycles. The Bertz CT molecular complexity index is 702. The lowest BCUT2D eigenvalue weighted by atomic mass is 10.1. The van der Waals surface area contributed by atoms with Crippen LogP contribution in [0.25, 0.3) is 0 Å². The summed E-state index contributed by atoms with van der Waals surface area (Å²) in [6.07, 6.45) is 3.02. The Labute approximate surface area is 150 Å². The number of nitrogens with one attached hydrogen (secondary N) is 1. The predicted molar refractivity (Wildman–Crippen MR) is 92.9 cm³/mol. The number of carbonyl (C=O) groups is 1. The minimum atomic E-state index is -3.86. The molecule has 1 amide bonds. The summed E-state index contributed by atoms with van der Waals surface area (Å²) >= 11 is 3.22. The maximum Gasteiger partial charge on any atom is 0.242 e. The summed E-state index contributed by atoms with van der Waals surface area (Å²) in [5.41, 5.74) is 0. The fourth-order valence-corrected chi connectivity index (χ4v) is 4.54. The van der Waals surface area contributed by atoms with Crippen LogP contribution in [0.15, 0.2) is 21.5 Å². The zero-order valence-electron chi connectivity index (χ0n) is 13.7. The first kappa shape index (κ1) is 19.0. The largest absolute Gasteiger partial charge is 0.493 e. The van der Waals surface area contributed by atoms with Gasteiger partial charge in [-0.3, -0.25) is 4.79 Å². The monoisotopic (exact) mass is 420 g/mol. The highest BCUT2D eigenvalue weighted by Gasteiger charge is 2.24. The molecule has 0 atom stereocenters. The van der Waals surface area contributed by atoms with E-state index in [1.54, 1.807) is 4.90 Å². The molecule has 0 aromatic heterocycles. The lowest BCUT2D eigenvalue weighted by Crippen LogP contribution is -2.42. The number of hydrogen-bond acceptors (Lipinski definition) is 5. The second kappa shape index (κ2) is 8.17. The van der Waals surface area contributed by atoms with Crippen LogP contribution in [-0.4, -0.2) is 53.1 Å². The number of methoxy groups -OCH3 is 2. The minimum absolute atomic E-state index is 0.00778. The molecule has 0 aliphatic carbocycles. The fraction of sp³-hybridized carbons (Fsp3) is 0.533. The van der Waals surface area contributed by atoms with Gasteiger partial charge in [-0.1, -0.05) is 0 Å². The van der Waals surface area contributed by atoms with Crippen molar-refractivity contribution in [3.63, 3.8) is 0 Å². The number of piperidine rings is 1. The summed E-state index contributed by atoms with van der Waals surface area (Å²) in [5.74, 6) is 0.492. The Morgan fingerprint density at radius 3 is 2.33 bits per heavy atom. The first-order valence-corrected chi connectivity index (χ1v) is 9.85. The lowest BCUT2D eigenvalue weighted by molar-refractivity contribution is -0.130. The number of benzene rings is 1. The van der Waals surface area contributed by atoms with Crippen molar-refractivity contribution in [2.45, 2.75) is 24.2 Å². The van der Waals surface area contributed by atoms with Gasteiger partial charge >= 0.3 is 0 Å². The zero-order chi connectivity index (χ0) is 17.7. The van der Waals surface area contributed by atoms with Crippen molar-refractivity contribution in [3.8, 4) is 11.5 Å². The molecule has 1 heterocycles. The van der Waals surface area contributed by atoms with E-state index >= 15 is 0 Å². The Balaban J connectivity index is 2.13. The van der Waals surface area contributed by atoms with E-state index < -0.39 is 10.0 Å². The van der Waals surface area contributed by atoms with Crippen molar-refractivity contribution in [3.05, 3.63) is 16.6 Å². The molecular weight excluding hydrogens is 400 g/mol. The zero-order valence-corrected chi connectivity index (χ0v) is 16.1. The summed E-state index contributed by atoms with van der Waals surface area (Å²) in [6, 6.07) is 2.87. The Hall–Kier alpha value is -1.32. The summed E-state index contributed by atoms with van der Waals surface area (Å²) in [7, 11) is -0.970. The second-order valence-corrected chi connectivity index (χ2v) is 7.99. The maximum atomic E-state index is 12.5. The van der Waals surface area contributed by atoms with Crippen LogP contribution >= 0.6 is 15.9 Å². The van der Waals surface area contributed by atoms with Crippen LogP contribution in [0, 0.1) is 0 Å². The van der Waals surface area contributed by atoms with E-state index in [4.69, 9.17) is 9.47 Å². The normalized spacial score (nSPS) is 15.2. The smallest absolute Gasteiger partial charge is 0.242 e. The summed E-state index contributed by atoms with van der Waals surface area (Å²) in [4.78, 5) is 13.8. The molecule has 1 aromatic carbocycles. The number of halogens is 1. The van der Waals surface area contributed by atoms with Crippen LogP contribution in [0.2, 0.25) is 0 Å². The van der Waals surface area contributed by atoms with Gasteiger partial charge < -0.3 is 14.4 Å². The molecule has 0 radical (unpaired) electrons. The van der Waals surface area contributed by atoms with Crippen LogP contribution in [-0.2, 0) is 14.8 Å². The molecular formula is C15H21BrN2O5S. The Kier molecular flexibility index (Phi) is 6.47. The van der Waals surface area contributed by atoms with E-state index in [-0.39, 0.29) is 17.3 Å². The fourth-order valence-electron chi connectivity index (χ4n) is 2.53. The first-order valence-electron chi connectivity index (χ1n) is 7.58. The average molecular weight is 421 g/mol. The van der Waals surface area contributed by atoms with Gasteiger partial charge in [0.2, 0.25) is 15.9 Å². The summed E-state index contributed by atoms with van der Waals surface area (Å²) < 4.78 is 38.0. The number of hydrogen-bond donors (Lipinski definition) is 1. The van der Waals surface area contributed by atoms with Crippen LogP contribution in [0.5, 0.6) is 11.5 Å². The lowest BCUT2D eigenvalue weighted by Gasteiger charge is -2.26. The number of nitrogens with zero attached hydrogens (tertiary/aromatic N) is 1. The molecule has 9 heteroatoms. The van der Waals surface area contributed by atoms with E-state index in [1.165, 1.54) is 26.4 Å². The van der Waals surface area contributed by atoms with Gasteiger partial charge in [-0.2, -0.15) is 0 Å². The Morgan fingerprint density at radius 1 is 1.17 bits per heavy atom. The molecule has 134 valence electrons. The molecule has 0 bridgehead atoms. The molecule has 0 unspecified atom stereocenters. The van der Waals surface area contributed by atoms with Gasteiger partial charge in [0, 0.05) is 23.6 Å². The average Bonchev–Trinajstić information content (AvgIpc) is 2.59. The van der Waals surface area contributed by atoms with E-state index in [2.05, 4.69) is 20.7 Å². The molecule has 24 heavy (non-hydrogen) atoms. The number of likely N-dealkylation sites (tertiary alicyclic amines) is 1. The summed E-state index contributed by atoms with van der Waals surface area (Å²) in [5, 5.41) is 0. The highest BCUT2D eigenvalue weighted by atomic mass is 79.9. The van der Waals surface area contributed by atoms with E-state index in [9.17, 15) is 13.2 Å². The van der Waals surface area contributed by atoms with E-state index in [1.807, 2.05) is 0 Å². The molecule has 1 aromatic rings. The van der Waals surface area contributed by atoms with Gasteiger partial charge in [0.05, 0.1) is 20.8 Å². The highest BCUT2D eigenvalue weighted by Crippen LogP contribution is 2.35. The molecule has 1 aliphatic rings. The van der Waals surface area contributed by atoms with Crippen LogP contribution in [0.1, 0.15) is 19.3 Å². The molecule has 1 fully saturated rings. The number of sulfonamides is 1. The molecule has 2 rings (SSSR count). The standard InChI is InChI=1S/C15H21BrN2O5S/c1-22-12-8-11(16)14(9-13(12)23-2)24(20,21)17-10-15(19)18-6-4-3-5-7-18/h8-9,17H,3-7,10H2,1-2H3. The Morgan fingerprint density at radius 2 is 1.75 bits per heavy atom. The minimum Gasteiger partial charge on any atom is -0.493 e. The molecule has 7 nitrogen and oxygen atoms in total. The van der Waals surface area contributed by atoms with Gasteiger partial charge in [-0.05, 0) is 41.3 Å². The summed E-state index contributed by atoms with van der Waals surface area (Å²) in [6.45, 7) is 1.10. The van der Waals surface area contributed by atoms with Crippen molar-refractivity contribution < 1.29 is 22.7 Å². The molecule has 0 saturated carbocycles. The van der Waals surface area contributed by atoms with Gasteiger partial charge in [0.25, 0.3) is 0 Å². The molecule has 1 saturated heterocycles.